The van der Waals surface area contributed by atoms with E-state index >= 15 is 0 Å². The van der Waals surface area contributed by atoms with E-state index in [1.807, 2.05) is 0 Å². The molecule has 0 radical (unpaired) electrons. The van der Waals surface area contributed by atoms with E-state index in [0.717, 1.165) is 45.3 Å². The first-order valence-corrected chi connectivity index (χ1v) is 34.8. The van der Waals surface area contributed by atoms with Gasteiger partial charge in [0, 0.05) is 45.0 Å². The van der Waals surface area contributed by atoms with Crippen molar-refractivity contribution < 1.29 is 0 Å². The highest BCUT2D eigenvalue weighted by atomic mass is 15.1. The molecule has 0 amide bonds. The molecule has 4 aliphatic carbocycles. The van der Waals surface area contributed by atoms with E-state index in [9.17, 15) is 0 Å². The smallest absolute Gasteiger partial charge is 0.0726 e. The standard InChI is InChI=1S/C97H70N2/c1-95(2)87-34-18-13-31-80(87)83-56-52-72(60-92(83)95)98(69-46-39-65(40-47-69)63-23-7-5-8-24-63)70-50-43-67(44-51-70)68-45-55-77-79-30-16-21-37-90(79)97(89-36-20-15-29-78(89)75-27-11-12-28-76(75)86(77)59-68)91-38-22-17-33-82(91)85-58-54-74(62-94(85)97)99(71-48-41-66(42-49-71)64-25-9-6-10-26-64)73-53-57-84-81-32-14-19-35-88(81)96(3,4)93(84)61-73/h5-62H,1-4H3. The molecule has 0 heterocycles. The summed E-state index contributed by atoms with van der Waals surface area (Å²) in [6.07, 6.45) is 0. The third kappa shape index (κ3) is 8.95. The fourth-order valence-corrected chi connectivity index (χ4v) is 17.6. The second-order valence-electron chi connectivity index (χ2n) is 28.3. The average Bonchev–Trinajstić information content (AvgIpc) is 1.60. The molecule has 0 bridgehead atoms. The maximum Gasteiger partial charge on any atom is 0.0726 e. The van der Waals surface area contributed by atoms with Crippen molar-refractivity contribution in [3.63, 3.8) is 0 Å². The summed E-state index contributed by atoms with van der Waals surface area (Å²) in [5.74, 6) is 0. The average molecular weight is 1260 g/mol. The van der Waals surface area contributed by atoms with Gasteiger partial charge in [-0.3, -0.25) is 0 Å². The van der Waals surface area contributed by atoms with Crippen LogP contribution in [0.15, 0.2) is 352 Å². The van der Waals surface area contributed by atoms with Crippen LogP contribution in [0.1, 0.15) is 72.2 Å². The minimum Gasteiger partial charge on any atom is -0.310 e. The van der Waals surface area contributed by atoms with E-state index in [1.54, 1.807) is 0 Å². The molecule has 1 atom stereocenters. The number of benzene rings is 15. The fourth-order valence-electron chi connectivity index (χ4n) is 17.6. The third-order valence-corrected chi connectivity index (χ3v) is 22.3. The Kier molecular flexibility index (Phi) is 13.2. The van der Waals surface area contributed by atoms with Gasteiger partial charge in [0.1, 0.15) is 0 Å². The SMILES string of the molecule is CC1(C)c2ccccc2-c2ccc(N(c3ccc(-c4ccccc4)cc3)c3ccc(-c4ccc5c(c4)-c4ccccc4-c4ccccc4C4(c6ccccc6-5)c5ccccc5-c5ccc(N(c6ccc(-c7ccccc7)cc6)c6ccc7c(c6)C(C)(C)c6ccccc6-7)cc54)cc3)cc21. The Morgan fingerprint density at radius 3 is 0.818 bits per heavy atom. The van der Waals surface area contributed by atoms with E-state index in [1.165, 1.54) is 134 Å². The van der Waals surface area contributed by atoms with E-state index in [-0.39, 0.29) is 10.8 Å². The highest BCUT2D eigenvalue weighted by Crippen LogP contribution is 2.63. The number of rotatable bonds is 9. The van der Waals surface area contributed by atoms with Gasteiger partial charge in [-0.1, -0.05) is 301 Å². The number of hydrogen-bond donors (Lipinski definition) is 0. The molecule has 4 aliphatic rings. The maximum absolute atomic E-state index is 2.55. The summed E-state index contributed by atoms with van der Waals surface area (Å²) >= 11 is 0. The molecule has 1 spiro atoms. The molecule has 15 aromatic carbocycles. The summed E-state index contributed by atoms with van der Waals surface area (Å²) in [5.41, 5.74) is 38.0. The highest BCUT2D eigenvalue weighted by molar-refractivity contribution is 6.01. The van der Waals surface area contributed by atoms with Crippen molar-refractivity contribution in [2.75, 3.05) is 9.80 Å². The normalized spacial score (nSPS) is 14.9. The van der Waals surface area contributed by atoms with Gasteiger partial charge in [0.05, 0.1) is 5.41 Å². The van der Waals surface area contributed by atoms with Gasteiger partial charge in [-0.05, 0) is 224 Å². The van der Waals surface area contributed by atoms with Crippen molar-refractivity contribution in [3.05, 3.63) is 396 Å². The molecular weight excluding hydrogens is 1190 g/mol. The van der Waals surface area contributed by atoms with Crippen molar-refractivity contribution in [3.8, 4) is 100 Å². The second-order valence-corrected chi connectivity index (χ2v) is 28.3. The number of hydrogen-bond acceptors (Lipinski definition) is 2. The fraction of sp³-hybridized carbons (Fsp3) is 0.0722. The first kappa shape index (κ1) is 58.3. The Bertz CT molecular complexity index is 5720. The molecule has 0 saturated heterocycles. The third-order valence-electron chi connectivity index (χ3n) is 22.3. The molecular formula is C97H70N2. The van der Waals surface area contributed by atoms with Crippen molar-refractivity contribution in [2.45, 2.75) is 43.9 Å². The van der Waals surface area contributed by atoms with Crippen molar-refractivity contribution in [2.24, 2.45) is 0 Å². The van der Waals surface area contributed by atoms with E-state index in [4.69, 9.17) is 0 Å². The first-order valence-electron chi connectivity index (χ1n) is 34.8. The molecule has 1 unspecified atom stereocenters. The number of fused-ring (bicyclic) bond motifs is 20. The lowest BCUT2D eigenvalue weighted by Gasteiger charge is -2.37. The van der Waals surface area contributed by atoms with Gasteiger partial charge in [0.2, 0.25) is 0 Å². The van der Waals surface area contributed by atoms with Crippen LogP contribution in [-0.4, -0.2) is 0 Å². The van der Waals surface area contributed by atoms with E-state index in [2.05, 4.69) is 389 Å². The van der Waals surface area contributed by atoms with Crippen molar-refractivity contribution in [1.82, 2.24) is 0 Å². The monoisotopic (exact) mass is 1260 g/mol. The molecule has 0 saturated carbocycles. The van der Waals surface area contributed by atoms with Crippen LogP contribution in [0.25, 0.3) is 100 Å². The highest BCUT2D eigenvalue weighted by Gasteiger charge is 2.50. The van der Waals surface area contributed by atoms with Crippen LogP contribution >= 0.6 is 0 Å². The Hall–Kier alpha value is -12.1. The van der Waals surface area contributed by atoms with E-state index < -0.39 is 5.41 Å². The predicted octanol–water partition coefficient (Wildman–Crippen LogP) is 25.9. The van der Waals surface area contributed by atoms with Gasteiger partial charge in [-0.25, -0.2) is 0 Å². The number of nitrogens with zero attached hydrogens (tertiary/aromatic N) is 2. The summed E-state index contributed by atoms with van der Waals surface area (Å²) in [6, 6.07) is 133. The summed E-state index contributed by atoms with van der Waals surface area (Å²) < 4.78 is 0. The molecule has 0 fully saturated rings. The summed E-state index contributed by atoms with van der Waals surface area (Å²) in [4.78, 5) is 4.93. The molecule has 15 aromatic rings. The summed E-state index contributed by atoms with van der Waals surface area (Å²) in [7, 11) is 0. The van der Waals surface area contributed by atoms with Crippen LogP contribution in [0, 0.1) is 0 Å². The molecule has 19 rings (SSSR count). The van der Waals surface area contributed by atoms with Crippen molar-refractivity contribution in [1.29, 1.82) is 0 Å². The lowest BCUT2D eigenvalue weighted by atomic mass is 9.64. The quantitative estimate of drug-likeness (QED) is 0.142. The van der Waals surface area contributed by atoms with Gasteiger partial charge in [-0.2, -0.15) is 0 Å². The zero-order valence-corrected chi connectivity index (χ0v) is 55.9. The minimum absolute atomic E-state index is 0.149. The largest absolute Gasteiger partial charge is 0.310 e. The molecule has 2 heteroatoms. The van der Waals surface area contributed by atoms with Crippen LogP contribution in [0.2, 0.25) is 0 Å². The molecule has 0 N–H and O–H groups in total. The van der Waals surface area contributed by atoms with Gasteiger partial charge < -0.3 is 9.80 Å². The van der Waals surface area contributed by atoms with Crippen LogP contribution < -0.4 is 9.80 Å². The Morgan fingerprint density at radius 2 is 0.404 bits per heavy atom. The van der Waals surface area contributed by atoms with Crippen molar-refractivity contribution >= 4 is 34.1 Å². The summed E-state index contributed by atoms with van der Waals surface area (Å²) in [5, 5.41) is 0. The molecule has 0 aliphatic heterocycles. The van der Waals surface area contributed by atoms with Gasteiger partial charge >= 0.3 is 0 Å². The maximum atomic E-state index is 2.55. The Labute approximate surface area is 580 Å². The Morgan fingerprint density at radius 1 is 0.162 bits per heavy atom. The number of anilines is 6. The van der Waals surface area contributed by atoms with Gasteiger partial charge in [-0.15, -0.1) is 0 Å². The minimum atomic E-state index is -0.769. The first-order chi connectivity index (χ1) is 48.6. The van der Waals surface area contributed by atoms with Crippen LogP contribution in [0.4, 0.5) is 34.1 Å². The predicted molar refractivity (Wildman–Crippen MR) is 414 cm³/mol. The Balaban J connectivity index is 0.774. The zero-order chi connectivity index (χ0) is 66.1. The summed E-state index contributed by atoms with van der Waals surface area (Å²) in [6.45, 7) is 9.50. The molecule has 2 nitrogen and oxygen atoms in total. The molecule has 468 valence electrons. The molecule has 0 aromatic heterocycles. The lowest BCUT2D eigenvalue weighted by molar-refractivity contribution is 0.660. The molecule has 99 heavy (non-hydrogen) atoms. The topological polar surface area (TPSA) is 6.48 Å². The van der Waals surface area contributed by atoms with Crippen LogP contribution in [0.3, 0.4) is 0 Å². The van der Waals surface area contributed by atoms with Crippen LogP contribution in [-0.2, 0) is 16.2 Å². The van der Waals surface area contributed by atoms with E-state index in [0.29, 0.717) is 0 Å². The van der Waals surface area contributed by atoms with Gasteiger partial charge in [0.15, 0.2) is 0 Å². The lowest BCUT2D eigenvalue weighted by Crippen LogP contribution is -2.30. The van der Waals surface area contributed by atoms with Gasteiger partial charge in [0.25, 0.3) is 0 Å². The van der Waals surface area contributed by atoms with Crippen LogP contribution in [0.5, 0.6) is 0 Å². The zero-order valence-electron chi connectivity index (χ0n) is 55.9. The second kappa shape index (κ2) is 22.5.